The summed E-state index contributed by atoms with van der Waals surface area (Å²) < 4.78 is 0. The van der Waals surface area contributed by atoms with Crippen molar-refractivity contribution in [1.82, 2.24) is 5.32 Å². The van der Waals surface area contributed by atoms with Crippen LogP contribution in [0.3, 0.4) is 0 Å². The molecular weight excluding hydrogens is 280 g/mol. The molecule has 1 aromatic rings. The molecule has 1 rings (SSSR count). The van der Waals surface area contributed by atoms with Crippen molar-refractivity contribution in [3.8, 4) is 0 Å². The summed E-state index contributed by atoms with van der Waals surface area (Å²) in [4.78, 5) is 0. The zero-order valence-corrected chi connectivity index (χ0v) is 12.1. The van der Waals surface area contributed by atoms with Crippen LogP contribution >= 0.6 is 34.8 Å². The molecule has 17 heavy (non-hydrogen) atoms. The predicted octanol–water partition coefficient (Wildman–Crippen LogP) is 3.75. The average molecular weight is 297 g/mol. The van der Waals surface area contributed by atoms with Gasteiger partial charge in [0.1, 0.15) is 0 Å². The molecule has 0 spiro atoms. The smallest absolute Gasteiger partial charge is 0.0652 e. The predicted molar refractivity (Wildman–Crippen MR) is 74.0 cm³/mol. The number of benzene rings is 1. The maximum Gasteiger partial charge on any atom is 0.0652 e. The quantitative estimate of drug-likeness (QED) is 0.811. The van der Waals surface area contributed by atoms with Crippen LogP contribution in [0, 0.1) is 5.41 Å². The maximum atomic E-state index is 9.13. The number of nitrogens with one attached hydrogen (secondary N) is 1. The summed E-state index contributed by atoms with van der Waals surface area (Å²) in [6.07, 6.45) is 0. The Bertz CT molecular complexity index is 394. The second-order valence-corrected chi connectivity index (χ2v) is 5.94. The second-order valence-electron chi connectivity index (χ2n) is 4.75. The van der Waals surface area contributed by atoms with Crippen molar-refractivity contribution in [2.75, 3.05) is 13.2 Å². The summed E-state index contributed by atoms with van der Waals surface area (Å²) in [5.74, 6) is 0. The molecule has 0 fully saturated rings. The molecule has 0 radical (unpaired) electrons. The Morgan fingerprint density at radius 3 is 2.35 bits per heavy atom. The second kappa shape index (κ2) is 6.26. The van der Waals surface area contributed by atoms with Crippen LogP contribution in [0.15, 0.2) is 12.1 Å². The van der Waals surface area contributed by atoms with Crippen LogP contribution in [0.2, 0.25) is 15.1 Å². The van der Waals surface area contributed by atoms with Gasteiger partial charge in [-0.05, 0) is 12.1 Å². The molecular formula is C12H16Cl3NO. The van der Waals surface area contributed by atoms with Gasteiger partial charge in [-0.3, -0.25) is 0 Å². The van der Waals surface area contributed by atoms with Crippen molar-refractivity contribution < 1.29 is 5.11 Å². The highest BCUT2D eigenvalue weighted by Crippen LogP contribution is 2.31. The molecule has 0 aliphatic rings. The minimum Gasteiger partial charge on any atom is -0.396 e. The highest BCUT2D eigenvalue weighted by molar-refractivity contribution is 6.44. The number of aliphatic hydroxyl groups is 1. The first kappa shape index (κ1) is 15.1. The summed E-state index contributed by atoms with van der Waals surface area (Å²) in [7, 11) is 0. The van der Waals surface area contributed by atoms with Crippen molar-refractivity contribution in [1.29, 1.82) is 0 Å². The number of aliphatic hydroxyl groups excluding tert-OH is 1. The minimum atomic E-state index is -0.169. The van der Waals surface area contributed by atoms with E-state index in [1.807, 2.05) is 13.8 Å². The van der Waals surface area contributed by atoms with Crippen LogP contribution in [-0.4, -0.2) is 18.3 Å². The van der Waals surface area contributed by atoms with Gasteiger partial charge in [-0.15, -0.1) is 0 Å². The first-order valence-corrected chi connectivity index (χ1v) is 6.45. The third kappa shape index (κ3) is 4.31. The van der Waals surface area contributed by atoms with Gasteiger partial charge in [0.25, 0.3) is 0 Å². The van der Waals surface area contributed by atoms with E-state index in [1.54, 1.807) is 12.1 Å². The van der Waals surface area contributed by atoms with Gasteiger partial charge in [-0.1, -0.05) is 48.7 Å². The number of halogens is 3. The van der Waals surface area contributed by atoms with E-state index in [-0.39, 0.29) is 12.0 Å². The highest BCUT2D eigenvalue weighted by Gasteiger charge is 2.16. The van der Waals surface area contributed by atoms with E-state index in [1.165, 1.54) is 0 Å². The van der Waals surface area contributed by atoms with Gasteiger partial charge in [0.15, 0.2) is 0 Å². The lowest BCUT2D eigenvalue weighted by Crippen LogP contribution is -2.32. The number of hydrogen-bond donors (Lipinski definition) is 2. The van der Waals surface area contributed by atoms with E-state index < -0.39 is 0 Å². The van der Waals surface area contributed by atoms with Gasteiger partial charge >= 0.3 is 0 Å². The average Bonchev–Trinajstić information content (AvgIpc) is 2.28. The van der Waals surface area contributed by atoms with Crippen LogP contribution in [0.1, 0.15) is 19.4 Å². The van der Waals surface area contributed by atoms with Crippen LogP contribution in [0.4, 0.5) is 0 Å². The van der Waals surface area contributed by atoms with Gasteiger partial charge in [0.05, 0.1) is 10.0 Å². The minimum absolute atomic E-state index is 0.122. The number of rotatable bonds is 5. The molecule has 0 aliphatic carbocycles. The fourth-order valence-electron chi connectivity index (χ4n) is 1.31. The Labute approximate surface area is 117 Å². The van der Waals surface area contributed by atoms with Crippen molar-refractivity contribution in [2.45, 2.75) is 20.4 Å². The zero-order chi connectivity index (χ0) is 13.1. The lowest BCUT2D eigenvalue weighted by Gasteiger charge is -2.22. The Morgan fingerprint density at radius 1 is 1.18 bits per heavy atom. The van der Waals surface area contributed by atoms with Crippen LogP contribution < -0.4 is 5.32 Å². The summed E-state index contributed by atoms with van der Waals surface area (Å²) in [6, 6.07) is 3.40. The van der Waals surface area contributed by atoms with Crippen LogP contribution in [0.25, 0.3) is 0 Å². The number of hydrogen-bond acceptors (Lipinski definition) is 2. The SMILES string of the molecule is CC(C)(CO)CNCc1c(Cl)ccc(Cl)c1Cl. The van der Waals surface area contributed by atoms with E-state index in [0.717, 1.165) is 5.56 Å². The molecule has 0 aliphatic heterocycles. The Kier molecular flexibility index (Phi) is 5.55. The largest absolute Gasteiger partial charge is 0.396 e. The van der Waals surface area contributed by atoms with Crippen LogP contribution in [0.5, 0.6) is 0 Å². The molecule has 0 amide bonds. The standard InChI is InChI=1S/C12H16Cl3NO/c1-12(2,7-17)6-16-5-8-9(13)3-4-10(14)11(8)15/h3-4,16-17H,5-7H2,1-2H3. The van der Waals surface area contributed by atoms with E-state index >= 15 is 0 Å². The molecule has 0 bridgehead atoms. The Balaban J connectivity index is 2.67. The van der Waals surface area contributed by atoms with E-state index in [0.29, 0.717) is 28.2 Å². The maximum absolute atomic E-state index is 9.13. The van der Waals surface area contributed by atoms with Crippen molar-refractivity contribution in [3.63, 3.8) is 0 Å². The molecule has 0 atom stereocenters. The fraction of sp³-hybridized carbons (Fsp3) is 0.500. The van der Waals surface area contributed by atoms with E-state index in [2.05, 4.69) is 5.32 Å². The van der Waals surface area contributed by atoms with Gasteiger partial charge in [-0.2, -0.15) is 0 Å². The molecule has 0 saturated carbocycles. The lowest BCUT2D eigenvalue weighted by molar-refractivity contribution is 0.156. The lowest BCUT2D eigenvalue weighted by atomic mass is 9.95. The normalized spacial score (nSPS) is 11.9. The van der Waals surface area contributed by atoms with Gasteiger partial charge < -0.3 is 10.4 Å². The van der Waals surface area contributed by atoms with Gasteiger partial charge in [0, 0.05) is 35.7 Å². The Morgan fingerprint density at radius 2 is 1.76 bits per heavy atom. The molecule has 5 heteroatoms. The zero-order valence-electron chi connectivity index (χ0n) is 9.86. The topological polar surface area (TPSA) is 32.3 Å². The van der Waals surface area contributed by atoms with E-state index in [9.17, 15) is 0 Å². The Hall–Kier alpha value is 0.01000. The summed E-state index contributed by atoms with van der Waals surface area (Å²) >= 11 is 18.1. The fourth-order valence-corrected chi connectivity index (χ4v) is 1.99. The molecule has 0 saturated heterocycles. The van der Waals surface area contributed by atoms with Crippen molar-refractivity contribution in [2.24, 2.45) is 5.41 Å². The van der Waals surface area contributed by atoms with Crippen LogP contribution in [-0.2, 0) is 6.54 Å². The molecule has 96 valence electrons. The monoisotopic (exact) mass is 295 g/mol. The van der Waals surface area contributed by atoms with Gasteiger partial charge in [-0.25, -0.2) is 0 Å². The molecule has 1 aromatic carbocycles. The summed E-state index contributed by atoms with van der Waals surface area (Å²) in [6.45, 7) is 5.27. The van der Waals surface area contributed by atoms with E-state index in [4.69, 9.17) is 39.9 Å². The molecule has 0 aromatic heterocycles. The summed E-state index contributed by atoms with van der Waals surface area (Å²) in [5.41, 5.74) is 0.618. The van der Waals surface area contributed by atoms with Gasteiger partial charge in [0.2, 0.25) is 0 Å². The molecule has 0 heterocycles. The first-order chi connectivity index (χ1) is 7.87. The van der Waals surface area contributed by atoms with Crippen molar-refractivity contribution in [3.05, 3.63) is 32.8 Å². The molecule has 2 N–H and O–H groups in total. The molecule has 2 nitrogen and oxygen atoms in total. The summed E-state index contributed by atoms with van der Waals surface area (Å²) in [5, 5.41) is 13.9. The first-order valence-electron chi connectivity index (χ1n) is 5.31. The third-order valence-electron chi connectivity index (χ3n) is 2.47. The highest BCUT2D eigenvalue weighted by atomic mass is 35.5. The van der Waals surface area contributed by atoms with Crippen molar-refractivity contribution >= 4 is 34.8 Å². The molecule has 0 unspecified atom stereocenters. The third-order valence-corrected chi connectivity index (χ3v) is 3.67.